The van der Waals surface area contributed by atoms with Crippen molar-refractivity contribution in [3.05, 3.63) is 0 Å². The first kappa shape index (κ1) is 6.65. The Morgan fingerprint density at radius 3 is 1.70 bits per heavy atom. The second-order valence-corrected chi connectivity index (χ2v) is 5.85. The molecule has 0 heterocycles. The van der Waals surface area contributed by atoms with Gasteiger partial charge in [-0.1, -0.05) is 6.42 Å². The maximum absolute atomic E-state index is 11.4. The lowest BCUT2D eigenvalue weighted by atomic mass is 10.0. The highest BCUT2D eigenvalue weighted by molar-refractivity contribution is 7.93. The van der Waals surface area contributed by atoms with Gasteiger partial charge < -0.3 is 0 Å². The zero-order chi connectivity index (χ0) is 7.19. The van der Waals surface area contributed by atoms with Crippen LogP contribution in [0.5, 0.6) is 0 Å². The molecule has 2 saturated carbocycles. The van der Waals surface area contributed by atoms with E-state index in [1.54, 1.807) is 0 Å². The molecule has 3 heteroatoms. The van der Waals surface area contributed by atoms with E-state index in [9.17, 15) is 8.42 Å². The summed E-state index contributed by atoms with van der Waals surface area (Å²) in [5.74, 6) is 0. The number of sulfone groups is 1. The van der Waals surface area contributed by atoms with E-state index in [2.05, 4.69) is 0 Å². The molecule has 0 spiro atoms. The summed E-state index contributed by atoms with van der Waals surface area (Å²) in [4.78, 5) is 0. The lowest BCUT2D eigenvalue weighted by Crippen LogP contribution is -2.30. The van der Waals surface area contributed by atoms with E-state index < -0.39 is 9.84 Å². The van der Waals surface area contributed by atoms with Crippen molar-refractivity contribution in [1.29, 1.82) is 0 Å². The minimum absolute atomic E-state index is 0.0556. The van der Waals surface area contributed by atoms with E-state index in [1.807, 2.05) is 0 Å². The van der Waals surface area contributed by atoms with Gasteiger partial charge in [0.2, 0.25) is 0 Å². The highest BCUT2D eigenvalue weighted by Gasteiger charge is 2.43. The number of rotatable bonds is 2. The standard InChI is InChI=1S/C7H12O2S/c8-10(9,7-4-5-7)6-2-1-3-6/h6-7H,1-5H2. The Kier molecular flexibility index (Phi) is 1.31. The molecule has 0 aromatic rings. The molecule has 2 aliphatic rings. The van der Waals surface area contributed by atoms with E-state index in [0.717, 1.165) is 32.1 Å². The highest BCUT2D eigenvalue weighted by Crippen LogP contribution is 2.37. The van der Waals surface area contributed by atoms with Gasteiger partial charge in [0, 0.05) is 0 Å². The van der Waals surface area contributed by atoms with Gasteiger partial charge in [0.05, 0.1) is 10.5 Å². The van der Waals surface area contributed by atoms with E-state index >= 15 is 0 Å². The fourth-order valence-electron chi connectivity index (χ4n) is 1.37. The van der Waals surface area contributed by atoms with Crippen molar-refractivity contribution in [3.63, 3.8) is 0 Å². The molecule has 0 N–H and O–H groups in total. The first-order chi connectivity index (χ1) is 4.71. The van der Waals surface area contributed by atoms with Gasteiger partial charge in [0.1, 0.15) is 0 Å². The quantitative estimate of drug-likeness (QED) is 0.606. The van der Waals surface area contributed by atoms with E-state index in [0.29, 0.717) is 0 Å². The van der Waals surface area contributed by atoms with Gasteiger partial charge in [0.25, 0.3) is 0 Å². The molecule has 0 atom stereocenters. The first-order valence-corrected chi connectivity index (χ1v) is 5.55. The van der Waals surface area contributed by atoms with Crippen molar-refractivity contribution < 1.29 is 8.42 Å². The zero-order valence-corrected chi connectivity index (χ0v) is 6.73. The van der Waals surface area contributed by atoms with E-state index in [4.69, 9.17) is 0 Å². The fourth-order valence-corrected chi connectivity index (χ4v) is 3.70. The molecule has 2 nitrogen and oxygen atoms in total. The largest absolute Gasteiger partial charge is 0.228 e. The Bertz CT molecular complexity index is 222. The third-order valence-electron chi connectivity index (χ3n) is 2.51. The second kappa shape index (κ2) is 1.97. The van der Waals surface area contributed by atoms with Crippen molar-refractivity contribution >= 4 is 9.84 Å². The molecule has 0 amide bonds. The van der Waals surface area contributed by atoms with Gasteiger partial charge in [-0.2, -0.15) is 0 Å². The van der Waals surface area contributed by atoms with Gasteiger partial charge in [-0.3, -0.25) is 0 Å². The Morgan fingerprint density at radius 2 is 1.40 bits per heavy atom. The maximum Gasteiger partial charge on any atom is 0.156 e. The summed E-state index contributed by atoms with van der Waals surface area (Å²) in [6.07, 6.45) is 4.84. The molecule has 0 radical (unpaired) electrons. The van der Waals surface area contributed by atoms with Crippen LogP contribution >= 0.6 is 0 Å². The minimum Gasteiger partial charge on any atom is -0.228 e. The van der Waals surface area contributed by atoms with E-state index in [1.165, 1.54) is 0 Å². The molecule has 0 aromatic heterocycles. The van der Waals surface area contributed by atoms with Crippen LogP contribution in [-0.2, 0) is 9.84 Å². The predicted octanol–water partition coefficient (Wildman–Crippen LogP) is 1.12. The number of hydrogen-bond donors (Lipinski definition) is 0. The minimum atomic E-state index is -2.63. The first-order valence-electron chi connectivity index (χ1n) is 3.94. The SMILES string of the molecule is O=S(=O)(C1CCC1)C1CC1. The Balaban J connectivity index is 2.12. The summed E-state index contributed by atoms with van der Waals surface area (Å²) < 4.78 is 22.8. The normalized spacial score (nSPS) is 28.0. The summed E-state index contributed by atoms with van der Waals surface area (Å²) in [6.45, 7) is 0. The van der Waals surface area contributed by atoms with Crippen LogP contribution in [0.25, 0.3) is 0 Å². The molecule has 2 rings (SSSR count). The van der Waals surface area contributed by atoms with Crippen molar-refractivity contribution in [2.45, 2.75) is 42.6 Å². The van der Waals surface area contributed by atoms with Crippen LogP contribution in [0.4, 0.5) is 0 Å². The molecule has 0 saturated heterocycles. The molecule has 0 unspecified atom stereocenters. The Hall–Kier alpha value is -0.0500. The summed E-state index contributed by atoms with van der Waals surface area (Å²) in [5, 5.41) is 0.123. The molecular formula is C7H12O2S. The zero-order valence-electron chi connectivity index (χ0n) is 5.91. The lowest BCUT2D eigenvalue weighted by Gasteiger charge is -2.24. The summed E-state index contributed by atoms with van der Waals surface area (Å²) in [6, 6.07) is 0. The lowest BCUT2D eigenvalue weighted by molar-refractivity contribution is 0.476. The van der Waals surface area contributed by atoms with Crippen LogP contribution in [-0.4, -0.2) is 18.9 Å². The monoisotopic (exact) mass is 160 g/mol. The Morgan fingerprint density at radius 1 is 0.900 bits per heavy atom. The van der Waals surface area contributed by atoms with Crippen LogP contribution in [0.3, 0.4) is 0 Å². The highest BCUT2D eigenvalue weighted by atomic mass is 32.2. The predicted molar refractivity (Wildman–Crippen MR) is 39.6 cm³/mol. The van der Waals surface area contributed by atoms with Crippen LogP contribution < -0.4 is 0 Å². The number of hydrogen-bond acceptors (Lipinski definition) is 2. The summed E-state index contributed by atoms with van der Waals surface area (Å²) in [5.41, 5.74) is 0. The molecule has 0 bridgehead atoms. The smallest absolute Gasteiger partial charge is 0.156 e. The third kappa shape index (κ3) is 0.875. The van der Waals surface area contributed by atoms with Crippen molar-refractivity contribution in [3.8, 4) is 0 Å². The van der Waals surface area contributed by atoms with Gasteiger partial charge in [-0.05, 0) is 25.7 Å². The van der Waals surface area contributed by atoms with Gasteiger partial charge in [-0.25, -0.2) is 8.42 Å². The molecule has 2 aliphatic carbocycles. The summed E-state index contributed by atoms with van der Waals surface area (Å²) in [7, 11) is -2.63. The van der Waals surface area contributed by atoms with Crippen molar-refractivity contribution in [2.75, 3.05) is 0 Å². The molecule has 2 fully saturated rings. The second-order valence-electron chi connectivity index (χ2n) is 3.34. The third-order valence-corrected chi connectivity index (χ3v) is 5.31. The van der Waals surface area contributed by atoms with Crippen LogP contribution in [0.2, 0.25) is 0 Å². The van der Waals surface area contributed by atoms with Crippen LogP contribution in [0, 0.1) is 0 Å². The molecular weight excluding hydrogens is 148 g/mol. The van der Waals surface area contributed by atoms with Crippen LogP contribution in [0.15, 0.2) is 0 Å². The van der Waals surface area contributed by atoms with E-state index in [-0.39, 0.29) is 10.5 Å². The summed E-state index contributed by atoms with van der Waals surface area (Å²) >= 11 is 0. The average Bonchev–Trinajstić information content (AvgIpc) is 2.32. The van der Waals surface area contributed by atoms with Gasteiger partial charge in [-0.15, -0.1) is 0 Å². The Labute approximate surface area is 61.5 Å². The van der Waals surface area contributed by atoms with Crippen molar-refractivity contribution in [2.24, 2.45) is 0 Å². The molecule has 10 heavy (non-hydrogen) atoms. The molecule has 0 aromatic carbocycles. The van der Waals surface area contributed by atoms with Crippen LogP contribution in [0.1, 0.15) is 32.1 Å². The maximum atomic E-state index is 11.4. The van der Waals surface area contributed by atoms with Gasteiger partial charge in [0.15, 0.2) is 9.84 Å². The topological polar surface area (TPSA) is 34.1 Å². The fraction of sp³-hybridized carbons (Fsp3) is 1.00. The average molecular weight is 160 g/mol. The molecule has 58 valence electrons. The molecule has 0 aliphatic heterocycles. The van der Waals surface area contributed by atoms with Crippen molar-refractivity contribution in [1.82, 2.24) is 0 Å². The van der Waals surface area contributed by atoms with Gasteiger partial charge >= 0.3 is 0 Å².